The SMILES string of the molecule is COc1ccc([C@@H]2SCC(=O)N(CC(=O)NCC(C)C)c3c2c(C(C)(C)C)nn3C)cc1OC. The molecule has 0 bridgehead atoms. The zero-order chi connectivity index (χ0) is 25.2. The van der Waals surface area contributed by atoms with Crippen LogP contribution >= 0.6 is 11.8 Å². The van der Waals surface area contributed by atoms with Gasteiger partial charge in [-0.05, 0) is 23.6 Å². The molecule has 1 aromatic carbocycles. The van der Waals surface area contributed by atoms with Crippen molar-refractivity contribution in [1.82, 2.24) is 15.1 Å². The third kappa shape index (κ3) is 5.35. The van der Waals surface area contributed by atoms with Gasteiger partial charge in [-0.15, -0.1) is 11.8 Å². The van der Waals surface area contributed by atoms with Gasteiger partial charge in [0.1, 0.15) is 12.4 Å². The normalized spacial score (nSPS) is 16.3. The summed E-state index contributed by atoms with van der Waals surface area (Å²) in [6.07, 6.45) is 0. The van der Waals surface area contributed by atoms with Gasteiger partial charge in [0.25, 0.3) is 0 Å². The largest absolute Gasteiger partial charge is 0.493 e. The van der Waals surface area contributed by atoms with Crippen LogP contribution in [0.25, 0.3) is 0 Å². The second-order valence-electron chi connectivity index (χ2n) is 9.94. The number of hydrogen-bond acceptors (Lipinski definition) is 6. The molecular formula is C25H36N4O4S. The number of nitrogens with zero attached hydrogens (tertiary/aromatic N) is 3. The van der Waals surface area contributed by atoms with Gasteiger partial charge in [-0.3, -0.25) is 19.2 Å². The molecule has 1 atom stereocenters. The number of anilines is 1. The van der Waals surface area contributed by atoms with E-state index in [0.717, 1.165) is 16.8 Å². The lowest BCUT2D eigenvalue weighted by Crippen LogP contribution is -2.43. The second kappa shape index (κ2) is 10.3. The molecule has 2 heterocycles. The van der Waals surface area contributed by atoms with E-state index in [1.54, 1.807) is 35.6 Å². The third-order valence-corrected chi connectivity index (χ3v) is 6.93. The molecule has 2 aromatic rings. The first kappa shape index (κ1) is 25.9. The molecule has 1 aromatic heterocycles. The number of amides is 2. The number of benzene rings is 1. The van der Waals surface area contributed by atoms with Gasteiger partial charge in [-0.2, -0.15) is 5.10 Å². The number of carbonyl (C=O) groups is 2. The van der Waals surface area contributed by atoms with Gasteiger partial charge in [0.15, 0.2) is 11.5 Å². The van der Waals surface area contributed by atoms with Crippen LogP contribution in [0, 0.1) is 5.92 Å². The minimum absolute atomic E-state index is 0.0408. The first-order valence-corrected chi connectivity index (χ1v) is 12.5. The van der Waals surface area contributed by atoms with Crippen LogP contribution in [-0.4, -0.2) is 54.7 Å². The highest BCUT2D eigenvalue weighted by Crippen LogP contribution is 2.48. The van der Waals surface area contributed by atoms with Crippen molar-refractivity contribution in [3.05, 3.63) is 35.0 Å². The summed E-state index contributed by atoms with van der Waals surface area (Å²) in [6.45, 7) is 10.9. The Labute approximate surface area is 206 Å². The lowest BCUT2D eigenvalue weighted by molar-refractivity contribution is -0.123. The molecule has 0 radical (unpaired) electrons. The van der Waals surface area contributed by atoms with Crippen molar-refractivity contribution in [3.8, 4) is 11.5 Å². The van der Waals surface area contributed by atoms with Gasteiger partial charge in [-0.25, -0.2) is 0 Å². The minimum Gasteiger partial charge on any atom is -0.493 e. The highest BCUT2D eigenvalue weighted by molar-refractivity contribution is 8.00. The Morgan fingerprint density at radius 1 is 1.24 bits per heavy atom. The van der Waals surface area contributed by atoms with Crippen LogP contribution in [0.5, 0.6) is 11.5 Å². The number of hydrogen-bond donors (Lipinski definition) is 1. The minimum atomic E-state index is -0.264. The standard InChI is InChI=1S/C25H36N4O4S/c1-15(2)12-26-19(30)13-29-20(31)14-34-22(16-9-10-17(32-7)18(11-16)33-8)21-23(25(3,4)5)27-28(6)24(21)29/h9-11,15,22H,12-14H2,1-8H3,(H,26,30)/t22-/m0/s1. The average Bonchev–Trinajstić information content (AvgIpc) is 3.05. The van der Waals surface area contributed by atoms with E-state index in [2.05, 4.69) is 26.1 Å². The first-order valence-electron chi connectivity index (χ1n) is 11.5. The van der Waals surface area contributed by atoms with Crippen molar-refractivity contribution in [2.45, 2.75) is 45.3 Å². The van der Waals surface area contributed by atoms with Crippen LogP contribution in [0.1, 0.15) is 56.7 Å². The molecule has 1 aliphatic heterocycles. The van der Waals surface area contributed by atoms with E-state index >= 15 is 0 Å². The number of carbonyl (C=O) groups excluding carboxylic acids is 2. The summed E-state index contributed by atoms with van der Waals surface area (Å²) >= 11 is 1.54. The van der Waals surface area contributed by atoms with Gasteiger partial charge < -0.3 is 14.8 Å². The summed E-state index contributed by atoms with van der Waals surface area (Å²) in [7, 11) is 5.05. The van der Waals surface area contributed by atoms with Crippen molar-refractivity contribution in [2.75, 3.05) is 38.0 Å². The number of rotatable bonds is 7. The van der Waals surface area contributed by atoms with E-state index in [0.29, 0.717) is 29.8 Å². The first-order chi connectivity index (χ1) is 16.0. The fourth-order valence-electron chi connectivity index (χ4n) is 4.04. The number of methoxy groups -OCH3 is 2. The summed E-state index contributed by atoms with van der Waals surface area (Å²) in [4.78, 5) is 27.6. The highest BCUT2D eigenvalue weighted by atomic mass is 32.2. The quantitative estimate of drug-likeness (QED) is 0.640. The van der Waals surface area contributed by atoms with Crippen LogP contribution < -0.4 is 19.7 Å². The molecule has 8 nitrogen and oxygen atoms in total. The molecule has 0 unspecified atom stereocenters. The monoisotopic (exact) mass is 488 g/mol. The molecule has 0 saturated carbocycles. The number of fused-ring (bicyclic) bond motifs is 1. The van der Waals surface area contributed by atoms with E-state index in [-0.39, 0.29) is 34.8 Å². The lowest BCUT2D eigenvalue weighted by Gasteiger charge is -2.24. The molecular weight excluding hydrogens is 452 g/mol. The maximum Gasteiger partial charge on any atom is 0.240 e. The molecule has 0 saturated heterocycles. The maximum atomic E-state index is 13.3. The van der Waals surface area contributed by atoms with E-state index in [1.165, 1.54) is 0 Å². The molecule has 186 valence electrons. The summed E-state index contributed by atoms with van der Waals surface area (Å²) in [5.74, 6) is 2.22. The second-order valence-corrected chi connectivity index (χ2v) is 11.0. The molecule has 0 aliphatic carbocycles. The summed E-state index contributed by atoms with van der Waals surface area (Å²) in [5.41, 5.74) is 2.58. The van der Waals surface area contributed by atoms with Crippen LogP contribution in [0.15, 0.2) is 18.2 Å². The fourth-order valence-corrected chi connectivity index (χ4v) is 5.23. The van der Waals surface area contributed by atoms with Crippen LogP contribution in [-0.2, 0) is 22.1 Å². The van der Waals surface area contributed by atoms with Crippen molar-refractivity contribution in [2.24, 2.45) is 13.0 Å². The summed E-state index contributed by atoms with van der Waals surface area (Å²) in [6, 6.07) is 5.83. The number of aromatic nitrogens is 2. The van der Waals surface area contributed by atoms with Gasteiger partial charge in [0.05, 0.1) is 30.9 Å². The van der Waals surface area contributed by atoms with Gasteiger partial charge in [-0.1, -0.05) is 40.7 Å². The number of aryl methyl sites for hydroxylation is 1. The smallest absolute Gasteiger partial charge is 0.240 e. The van der Waals surface area contributed by atoms with E-state index in [9.17, 15) is 9.59 Å². The molecule has 0 spiro atoms. The zero-order valence-electron chi connectivity index (χ0n) is 21.4. The van der Waals surface area contributed by atoms with Crippen molar-refractivity contribution in [1.29, 1.82) is 0 Å². The van der Waals surface area contributed by atoms with Crippen LogP contribution in [0.2, 0.25) is 0 Å². The molecule has 34 heavy (non-hydrogen) atoms. The predicted molar refractivity (Wildman–Crippen MR) is 136 cm³/mol. The highest BCUT2D eigenvalue weighted by Gasteiger charge is 2.39. The fraction of sp³-hybridized carbons (Fsp3) is 0.560. The molecule has 1 aliphatic rings. The molecule has 2 amide bonds. The van der Waals surface area contributed by atoms with Gasteiger partial charge in [0.2, 0.25) is 11.8 Å². The number of thioether (sulfide) groups is 1. The molecule has 3 rings (SSSR count). The number of nitrogens with one attached hydrogen (secondary N) is 1. The molecule has 9 heteroatoms. The zero-order valence-corrected chi connectivity index (χ0v) is 22.2. The third-order valence-electron chi connectivity index (χ3n) is 5.67. The Morgan fingerprint density at radius 2 is 1.91 bits per heavy atom. The lowest BCUT2D eigenvalue weighted by atomic mass is 9.87. The number of ether oxygens (including phenoxy) is 2. The Bertz CT molecular complexity index is 1060. The predicted octanol–water partition coefficient (Wildman–Crippen LogP) is 3.68. The van der Waals surface area contributed by atoms with E-state index < -0.39 is 0 Å². The summed E-state index contributed by atoms with van der Waals surface area (Å²) in [5, 5.41) is 7.61. The van der Waals surface area contributed by atoms with Crippen molar-refractivity contribution < 1.29 is 19.1 Å². The summed E-state index contributed by atoms with van der Waals surface area (Å²) < 4.78 is 12.7. The average molecular weight is 489 g/mol. The molecule has 0 fully saturated rings. The Balaban J connectivity index is 2.14. The Morgan fingerprint density at radius 3 is 2.50 bits per heavy atom. The Kier molecular flexibility index (Phi) is 7.85. The van der Waals surface area contributed by atoms with Crippen LogP contribution in [0.3, 0.4) is 0 Å². The Hall–Kier alpha value is -2.68. The van der Waals surface area contributed by atoms with Gasteiger partial charge in [0, 0.05) is 24.6 Å². The maximum absolute atomic E-state index is 13.3. The van der Waals surface area contributed by atoms with Gasteiger partial charge >= 0.3 is 0 Å². The van der Waals surface area contributed by atoms with Crippen molar-refractivity contribution in [3.63, 3.8) is 0 Å². The van der Waals surface area contributed by atoms with E-state index in [4.69, 9.17) is 14.6 Å². The van der Waals surface area contributed by atoms with E-state index in [1.807, 2.05) is 39.1 Å². The topological polar surface area (TPSA) is 85.7 Å². The molecule has 1 N–H and O–H groups in total. The van der Waals surface area contributed by atoms with Crippen molar-refractivity contribution >= 4 is 29.4 Å². The van der Waals surface area contributed by atoms with Crippen LogP contribution in [0.4, 0.5) is 5.82 Å².